The molecule has 1 aliphatic rings. The van der Waals surface area contributed by atoms with Gasteiger partial charge in [0.2, 0.25) is 0 Å². The van der Waals surface area contributed by atoms with Gasteiger partial charge in [-0.1, -0.05) is 0 Å². The molecule has 0 saturated carbocycles. The van der Waals surface area contributed by atoms with Gasteiger partial charge in [0.25, 0.3) is 0 Å². The second-order valence-electron chi connectivity index (χ2n) is 5.01. The van der Waals surface area contributed by atoms with Gasteiger partial charge < -0.3 is 4.57 Å². The largest absolute Gasteiger partial charge is 0.330 e. The predicted molar refractivity (Wildman–Crippen MR) is 69.3 cm³/mol. The fourth-order valence-corrected chi connectivity index (χ4v) is 4.49. The van der Waals surface area contributed by atoms with E-state index in [1.54, 1.807) is 10.7 Å². The monoisotopic (exact) mass is 278 g/mol. The van der Waals surface area contributed by atoms with Crippen molar-refractivity contribution in [2.75, 3.05) is 11.5 Å². The van der Waals surface area contributed by atoms with E-state index in [0.29, 0.717) is 17.9 Å². The Kier molecular flexibility index (Phi) is 2.82. The highest BCUT2D eigenvalue weighted by Gasteiger charge is 2.25. The van der Waals surface area contributed by atoms with Crippen LogP contribution in [0.15, 0.2) is 18.6 Å². The van der Waals surface area contributed by atoms with E-state index in [2.05, 4.69) is 11.2 Å². The average Bonchev–Trinajstić information content (AvgIpc) is 2.91. The van der Waals surface area contributed by atoms with Crippen LogP contribution in [0.2, 0.25) is 0 Å². The van der Waals surface area contributed by atoms with Crippen LogP contribution in [-0.4, -0.2) is 34.1 Å². The predicted octanol–water partition coefficient (Wildman–Crippen LogP) is 0.832. The summed E-state index contributed by atoms with van der Waals surface area (Å²) < 4.78 is 26.9. The molecule has 7 heteroatoms. The summed E-state index contributed by atoms with van der Waals surface area (Å²) in [4.78, 5) is 0. The Bertz CT molecular complexity index is 750. The lowest BCUT2D eigenvalue weighted by atomic mass is 10.1. The third-order valence-corrected chi connectivity index (χ3v) is 5.45. The first-order valence-electron chi connectivity index (χ1n) is 6.22. The first-order chi connectivity index (χ1) is 9.09. The van der Waals surface area contributed by atoms with Gasteiger partial charge in [0.05, 0.1) is 17.7 Å². The van der Waals surface area contributed by atoms with Crippen molar-refractivity contribution in [3.63, 3.8) is 0 Å². The number of aromatic nitrogens is 3. The number of hydrogen-bond donors (Lipinski definition) is 0. The fourth-order valence-electron chi connectivity index (χ4n) is 2.73. The van der Waals surface area contributed by atoms with Crippen molar-refractivity contribution in [3.8, 4) is 6.07 Å². The molecule has 19 heavy (non-hydrogen) atoms. The van der Waals surface area contributed by atoms with E-state index >= 15 is 0 Å². The molecule has 1 atom stereocenters. The molecule has 0 spiro atoms. The zero-order chi connectivity index (χ0) is 13.5. The van der Waals surface area contributed by atoms with Crippen molar-refractivity contribution in [2.45, 2.75) is 19.4 Å². The summed E-state index contributed by atoms with van der Waals surface area (Å²) in [6.07, 6.45) is 6.82. The van der Waals surface area contributed by atoms with Crippen LogP contribution in [0.4, 0.5) is 0 Å². The topological polar surface area (TPSA) is 80.2 Å². The Labute approximate surface area is 111 Å². The van der Waals surface area contributed by atoms with E-state index in [1.165, 1.54) is 6.20 Å². The Balaban J connectivity index is 1.89. The molecule has 6 nitrogen and oxygen atoms in total. The molecule has 1 fully saturated rings. The van der Waals surface area contributed by atoms with Crippen molar-refractivity contribution >= 4 is 15.5 Å². The molecule has 0 aliphatic carbocycles. The molecule has 0 radical (unpaired) electrons. The summed E-state index contributed by atoms with van der Waals surface area (Å²) in [6, 6.07) is 2.11. The summed E-state index contributed by atoms with van der Waals surface area (Å²) in [5.41, 5.74) is 1.26. The van der Waals surface area contributed by atoms with E-state index in [0.717, 1.165) is 18.5 Å². The van der Waals surface area contributed by atoms with Crippen molar-refractivity contribution in [3.05, 3.63) is 24.2 Å². The van der Waals surface area contributed by atoms with Crippen LogP contribution in [0.5, 0.6) is 0 Å². The molecule has 0 bridgehead atoms. The molecular weight excluding hydrogens is 264 g/mol. The van der Waals surface area contributed by atoms with Gasteiger partial charge in [-0.25, -0.2) is 12.9 Å². The molecular formula is C12H14N4O2S. The van der Waals surface area contributed by atoms with Crippen molar-refractivity contribution < 1.29 is 8.42 Å². The Hall–Kier alpha value is -1.81. The van der Waals surface area contributed by atoms with Gasteiger partial charge in [0, 0.05) is 18.9 Å². The van der Waals surface area contributed by atoms with Gasteiger partial charge in [-0.2, -0.15) is 10.4 Å². The third-order valence-electron chi connectivity index (χ3n) is 3.56. The molecule has 2 aromatic heterocycles. The molecule has 1 aliphatic heterocycles. The average molecular weight is 278 g/mol. The first kappa shape index (κ1) is 12.2. The quantitative estimate of drug-likeness (QED) is 0.815. The molecule has 1 unspecified atom stereocenters. The Morgan fingerprint density at radius 1 is 1.47 bits per heavy atom. The number of sulfone groups is 1. The summed E-state index contributed by atoms with van der Waals surface area (Å²) in [5, 5.41) is 13.1. The lowest BCUT2D eigenvalue weighted by Gasteiger charge is -2.22. The molecule has 100 valence electrons. The SMILES string of the molecule is N#Cc1cnn2ccn(CC3CCCS(=O)(=O)C3)c12. The van der Waals surface area contributed by atoms with Gasteiger partial charge in [0.15, 0.2) is 15.5 Å². The van der Waals surface area contributed by atoms with E-state index in [1.807, 2.05) is 10.8 Å². The van der Waals surface area contributed by atoms with Crippen molar-refractivity contribution in [2.24, 2.45) is 5.92 Å². The molecule has 3 rings (SSSR count). The maximum absolute atomic E-state index is 11.6. The normalized spacial score (nSPS) is 22.4. The molecule has 0 amide bonds. The second kappa shape index (κ2) is 4.38. The summed E-state index contributed by atoms with van der Waals surface area (Å²) in [5.74, 6) is 0.671. The molecule has 0 N–H and O–H groups in total. The van der Waals surface area contributed by atoms with Gasteiger partial charge in [-0.15, -0.1) is 0 Å². The van der Waals surface area contributed by atoms with E-state index in [4.69, 9.17) is 5.26 Å². The standard InChI is InChI=1S/C12H14N4O2S/c13-6-11-7-14-16-4-3-15(12(11)16)8-10-2-1-5-19(17,18)9-10/h3-4,7,10H,1-2,5,8-9H2. The minimum Gasteiger partial charge on any atom is -0.330 e. The van der Waals surface area contributed by atoms with Crippen molar-refractivity contribution in [1.82, 2.24) is 14.2 Å². The van der Waals surface area contributed by atoms with Crippen LogP contribution in [0, 0.1) is 17.2 Å². The zero-order valence-corrected chi connectivity index (χ0v) is 11.2. The van der Waals surface area contributed by atoms with Crippen LogP contribution in [-0.2, 0) is 16.4 Å². The smallest absolute Gasteiger partial charge is 0.153 e. The van der Waals surface area contributed by atoms with E-state index in [-0.39, 0.29) is 11.7 Å². The summed E-state index contributed by atoms with van der Waals surface area (Å²) in [6.45, 7) is 0.621. The highest BCUT2D eigenvalue weighted by molar-refractivity contribution is 7.91. The molecule has 1 saturated heterocycles. The minimum absolute atomic E-state index is 0.122. The van der Waals surface area contributed by atoms with Crippen LogP contribution in [0.3, 0.4) is 0 Å². The number of nitrogens with zero attached hydrogens (tertiary/aromatic N) is 4. The fraction of sp³-hybridized carbons (Fsp3) is 0.500. The lowest BCUT2D eigenvalue weighted by Crippen LogP contribution is -2.28. The Morgan fingerprint density at radius 2 is 2.32 bits per heavy atom. The highest BCUT2D eigenvalue weighted by Crippen LogP contribution is 2.22. The van der Waals surface area contributed by atoms with Crippen LogP contribution in [0.1, 0.15) is 18.4 Å². The summed E-state index contributed by atoms with van der Waals surface area (Å²) >= 11 is 0. The number of nitriles is 1. The number of imidazole rings is 1. The molecule has 3 heterocycles. The van der Waals surface area contributed by atoms with Gasteiger partial charge in [-0.3, -0.25) is 0 Å². The molecule has 0 aromatic carbocycles. The maximum atomic E-state index is 11.6. The maximum Gasteiger partial charge on any atom is 0.153 e. The van der Waals surface area contributed by atoms with E-state index in [9.17, 15) is 8.42 Å². The molecule has 2 aromatic rings. The van der Waals surface area contributed by atoms with Gasteiger partial charge in [-0.05, 0) is 18.8 Å². The van der Waals surface area contributed by atoms with E-state index < -0.39 is 9.84 Å². The highest BCUT2D eigenvalue weighted by atomic mass is 32.2. The number of rotatable bonds is 2. The first-order valence-corrected chi connectivity index (χ1v) is 8.04. The number of fused-ring (bicyclic) bond motifs is 1. The summed E-state index contributed by atoms with van der Waals surface area (Å²) in [7, 11) is -2.89. The van der Waals surface area contributed by atoms with Crippen molar-refractivity contribution in [1.29, 1.82) is 5.26 Å². The van der Waals surface area contributed by atoms with Gasteiger partial charge in [0.1, 0.15) is 11.6 Å². The number of hydrogen-bond acceptors (Lipinski definition) is 4. The van der Waals surface area contributed by atoms with Gasteiger partial charge >= 0.3 is 0 Å². The Morgan fingerprint density at radius 3 is 3.05 bits per heavy atom. The van der Waals surface area contributed by atoms with Crippen LogP contribution >= 0.6 is 0 Å². The van der Waals surface area contributed by atoms with Crippen LogP contribution in [0.25, 0.3) is 5.65 Å². The second-order valence-corrected chi connectivity index (χ2v) is 7.24. The minimum atomic E-state index is -2.89. The zero-order valence-electron chi connectivity index (χ0n) is 10.4. The van der Waals surface area contributed by atoms with Crippen LogP contribution < -0.4 is 0 Å². The lowest BCUT2D eigenvalue weighted by molar-refractivity contribution is 0.432. The third kappa shape index (κ3) is 2.24.